The van der Waals surface area contributed by atoms with Gasteiger partial charge < -0.3 is 10.1 Å². The van der Waals surface area contributed by atoms with Gasteiger partial charge in [0, 0.05) is 5.56 Å². The molecular weight excluding hydrogens is 370 g/mol. The molecule has 2 aromatic carbocycles. The van der Waals surface area contributed by atoms with Crippen LogP contribution in [-0.2, 0) is 25.7 Å². The molecule has 4 heteroatoms. The smallest absolute Gasteiger partial charge is 0.148 e. The molecule has 3 aromatic rings. The van der Waals surface area contributed by atoms with Crippen LogP contribution in [0, 0.1) is 0 Å². The van der Waals surface area contributed by atoms with Crippen LogP contribution in [0.4, 0.5) is 5.82 Å². The van der Waals surface area contributed by atoms with Gasteiger partial charge in [-0.25, -0.2) is 9.97 Å². The fraction of sp³-hybridized carbons (Fsp3) is 0.385. The van der Waals surface area contributed by atoms with Crippen molar-refractivity contribution in [2.45, 2.75) is 58.9 Å². The molecule has 1 N–H and O–H groups in total. The Labute approximate surface area is 179 Å². The van der Waals surface area contributed by atoms with Crippen LogP contribution in [0.25, 0.3) is 11.3 Å². The lowest BCUT2D eigenvalue weighted by atomic mass is 10.0. The number of fused-ring (bicyclic) bond motifs is 1. The Hall–Kier alpha value is -2.88. The summed E-state index contributed by atoms with van der Waals surface area (Å²) in [6, 6.07) is 15.1. The summed E-state index contributed by atoms with van der Waals surface area (Å²) in [4.78, 5) is 10.2. The molecule has 0 aliphatic heterocycles. The molecule has 4 rings (SSSR count). The zero-order chi connectivity index (χ0) is 21.1. The summed E-state index contributed by atoms with van der Waals surface area (Å²) in [5.74, 6) is 1.79. The highest BCUT2D eigenvalue weighted by Gasteiger charge is 2.21. The summed E-state index contributed by atoms with van der Waals surface area (Å²) in [6.07, 6.45) is 5.13. The number of aryl methyl sites for hydroxylation is 4. The lowest BCUT2D eigenvalue weighted by Gasteiger charge is -2.20. The molecule has 1 aromatic heterocycles. The van der Waals surface area contributed by atoms with E-state index >= 15 is 0 Å². The van der Waals surface area contributed by atoms with Crippen molar-refractivity contribution in [3.63, 3.8) is 0 Å². The van der Waals surface area contributed by atoms with Gasteiger partial charge in [0.05, 0.1) is 30.2 Å². The molecule has 0 unspecified atom stereocenters. The molecule has 156 valence electrons. The monoisotopic (exact) mass is 401 g/mol. The topological polar surface area (TPSA) is 47.0 Å². The second-order valence-corrected chi connectivity index (χ2v) is 7.97. The normalized spacial score (nSPS) is 13.7. The fourth-order valence-electron chi connectivity index (χ4n) is 4.31. The molecule has 4 nitrogen and oxygen atoms in total. The van der Waals surface area contributed by atoms with Crippen molar-refractivity contribution in [2.75, 3.05) is 12.4 Å². The van der Waals surface area contributed by atoms with Crippen molar-refractivity contribution in [3.8, 4) is 17.0 Å². The number of methoxy groups -OCH3 is 1. The molecule has 0 radical (unpaired) electrons. The highest BCUT2D eigenvalue weighted by Crippen LogP contribution is 2.37. The molecule has 0 amide bonds. The first-order chi connectivity index (χ1) is 14.6. The molecule has 1 aliphatic carbocycles. The Bertz CT molecular complexity index is 1030. The predicted molar refractivity (Wildman–Crippen MR) is 123 cm³/mol. The van der Waals surface area contributed by atoms with Gasteiger partial charge in [-0.1, -0.05) is 44.2 Å². The Balaban J connectivity index is 1.76. The molecule has 0 saturated heterocycles. The molecule has 30 heavy (non-hydrogen) atoms. The molecule has 1 heterocycles. The van der Waals surface area contributed by atoms with Crippen molar-refractivity contribution >= 4 is 5.82 Å². The fourth-order valence-corrected chi connectivity index (χ4v) is 4.31. The molecule has 0 saturated carbocycles. The second kappa shape index (κ2) is 8.86. The van der Waals surface area contributed by atoms with Crippen LogP contribution in [0.2, 0.25) is 0 Å². The van der Waals surface area contributed by atoms with Gasteiger partial charge in [-0.05, 0) is 67.9 Å². The third kappa shape index (κ3) is 3.91. The van der Waals surface area contributed by atoms with Crippen molar-refractivity contribution in [1.29, 1.82) is 0 Å². The minimum atomic E-state index is 0.163. The summed E-state index contributed by atoms with van der Waals surface area (Å²) in [7, 11) is 1.75. The van der Waals surface area contributed by atoms with Gasteiger partial charge in [0.15, 0.2) is 0 Å². The summed E-state index contributed by atoms with van der Waals surface area (Å²) in [5.41, 5.74) is 8.10. The summed E-state index contributed by atoms with van der Waals surface area (Å²) < 4.78 is 5.77. The van der Waals surface area contributed by atoms with Crippen LogP contribution in [-0.4, -0.2) is 17.1 Å². The van der Waals surface area contributed by atoms with Gasteiger partial charge in [-0.3, -0.25) is 0 Å². The highest BCUT2D eigenvalue weighted by atomic mass is 16.5. The number of benzene rings is 2. The van der Waals surface area contributed by atoms with E-state index in [0.717, 1.165) is 59.9 Å². The maximum atomic E-state index is 5.77. The highest BCUT2D eigenvalue weighted by molar-refractivity contribution is 5.72. The van der Waals surface area contributed by atoms with Crippen LogP contribution in [0.1, 0.15) is 61.3 Å². The van der Waals surface area contributed by atoms with Crippen LogP contribution >= 0.6 is 0 Å². The second-order valence-electron chi connectivity index (χ2n) is 7.97. The average Bonchev–Trinajstić information content (AvgIpc) is 3.25. The number of nitrogens with zero attached hydrogens (tertiary/aromatic N) is 2. The first-order valence-corrected chi connectivity index (χ1v) is 11.1. The number of hydrogen-bond acceptors (Lipinski definition) is 4. The number of ether oxygens (including phenoxy) is 1. The predicted octanol–water partition coefficient (Wildman–Crippen LogP) is 5.94. The van der Waals surface area contributed by atoms with E-state index in [9.17, 15) is 0 Å². The van der Waals surface area contributed by atoms with E-state index in [2.05, 4.69) is 62.5 Å². The lowest BCUT2D eigenvalue weighted by Crippen LogP contribution is -2.13. The van der Waals surface area contributed by atoms with Crippen LogP contribution in [0.15, 0.2) is 42.5 Å². The van der Waals surface area contributed by atoms with E-state index in [1.54, 1.807) is 7.11 Å². The Morgan fingerprint density at radius 3 is 2.33 bits per heavy atom. The summed E-state index contributed by atoms with van der Waals surface area (Å²) in [6.45, 7) is 6.45. The Morgan fingerprint density at radius 1 is 0.967 bits per heavy atom. The van der Waals surface area contributed by atoms with E-state index < -0.39 is 0 Å². The van der Waals surface area contributed by atoms with E-state index in [1.165, 1.54) is 23.1 Å². The van der Waals surface area contributed by atoms with Crippen LogP contribution < -0.4 is 10.1 Å². The zero-order valence-corrected chi connectivity index (χ0v) is 18.5. The first-order valence-electron chi connectivity index (χ1n) is 11.1. The van der Waals surface area contributed by atoms with E-state index in [0.29, 0.717) is 0 Å². The van der Waals surface area contributed by atoms with Gasteiger partial charge in [0.2, 0.25) is 0 Å². The van der Waals surface area contributed by atoms with Gasteiger partial charge in [-0.15, -0.1) is 0 Å². The Morgan fingerprint density at radius 2 is 1.67 bits per heavy atom. The number of hydrogen-bond donors (Lipinski definition) is 1. The maximum Gasteiger partial charge on any atom is 0.148 e. The number of aromatic nitrogens is 2. The SMILES string of the molecule is CCc1nc(-c2cc3c(cc2OC)CCC3)c(CC)nc1N[C@H](C)c1ccccc1. The van der Waals surface area contributed by atoms with E-state index in [4.69, 9.17) is 14.7 Å². The third-order valence-electron chi connectivity index (χ3n) is 6.03. The first kappa shape index (κ1) is 20.4. The largest absolute Gasteiger partial charge is 0.496 e. The van der Waals surface area contributed by atoms with Crippen LogP contribution in [0.5, 0.6) is 5.75 Å². The Kier molecular flexibility index (Phi) is 6.03. The van der Waals surface area contributed by atoms with E-state index in [1.807, 2.05) is 6.07 Å². The van der Waals surface area contributed by atoms with Gasteiger partial charge in [-0.2, -0.15) is 0 Å². The summed E-state index contributed by atoms with van der Waals surface area (Å²) in [5, 5.41) is 3.60. The molecular formula is C26H31N3O. The van der Waals surface area contributed by atoms with Gasteiger partial charge in [0.25, 0.3) is 0 Å². The zero-order valence-electron chi connectivity index (χ0n) is 18.5. The molecule has 0 fully saturated rings. The number of rotatable bonds is 7. The van der Waals surface area contributed by atoms with Crippen molar-refractivity contribution in [1.82, 2.24) is 9.97 Å². The van der Waals surface area contributed by atoms with Crippen molar-refractivity contribution in [2.24, 2.45) is 0 Å². The lowest BCUT2D eigenvalue weighted by molar-refractivity contribution is 0.415. The maximum absolute atomic E-state index is 5.77. The quantitative estimate of drug-likeness (QED) is 0.532. The molecule has 1 atom stereocenters. The van der Waals surface area contributed by atoms with E-state index in [-0.39, 0.29) is 6.04 Å². The third-order valence-corrected chi connectivity index (χ3v) is 6.03. The van der Waals surface area contributed by atoms with Gasteiger partial charge in [0.1, 0.15) is 11.6 Å². The minimum Gasteiger partial charge on any atom is -0.496 e. The molecule has 1 aliphatic rings. The molecule has 0 spiro atoms. The average molecular weight is 402 g/mol. The van der Waals surface area contributed by atoms with Crippen molar-refractivity contribution < 1.29 is 4.74 Å². The summed E-state index contributed by atoms with van der Waals surface area (Å²) >= 11 is 0. The minimum absolute atomic E-state index is 0.163. The number of nitrogens with one attached hydrogen (secondary N) is 1. The van der Waals surface area contributed by atoms with Crippen molar-refractivity contribution in [3.05, 3.63) is 70.5 Å². The van der Waals surface area contributed by atoms with Gasteiger partial charge >= 0.3 is 0 Å². The standard InChI is InChI=1S/C26H31N3O/c1-5-22-25(21-15-19-13-10-14-20(19)16-24(21)30-4)28-23(6-2)26(29-22)27-17(3)18-11-8-7-9-12-18/h7-9,11-12,15-17H,5-6,10,13-14H2,1-4H3,(H,27,29)/t17-/m1/s1. The number of anilines is 1. The van der Waals surface area contributed by atoms with Crippen LogP contribution in [0.3, 0.4) is 0 Å². The molecule has 0 bridgehead atoms.